The van der Waals surface area contributed by atoms with E-state index in [9.17, 15) is 0 Å². The van der Waals surface area contributed by atoms with E-state index in [1.807, 2.05) is 39.1 Å². The second-order valence-electron chi connectivity index (χ2n) is 3.17. The molecule has 1 unspecified atom stereocenters. The van der Waals surface area contributed by atoms with Gasteiger partial charge >= 0.3 is 0 Å². The van der Waals surface area contributed by atoms with E-state index < -0.39 is 0 Å². The number of nitrogens with one attached hydrogen (secondary N) is 1. The Balaban J connectivity index is 2.82. The lowest BCUT2D eigenvalue weighted by Crippen LogP contribution is -2.18. The predicted octanol–water partition coefficient (Wildman–Crippen LogP) is 2.93. The van der Waals surface area contributed by atoms with E-state index in [0.717, 1.165) is 16.3 Å². The Labute approximate surface area is 90.3 Å². The van der Waals surface area contributed by atoms with Gasteiger partial charge in [-0.05, 0) is 38.5 Å². The van der Waals surface area contributed by atoms with Crippen LogP contribution in [0.15, 0.2) is 34.7 Å². The molecular formula is C11H16ClNO. The van der Waals surface area contributed by atoms with Crippen molar-refractivity contribution in [2.75, 3.05) is 6.61 Å². The van der Waals surface area contributed by atoms with Crippen molar-refractivity contribution in [3.8, 4) is 0 Å². The Morgan fingerprint density at radius 3 is 2.93 bits per heavy atom. The average Bonchev–Trinajstić information content (AvgIpc) is 2.18. The minimum Gasteiger partial charge on any atom is -0.374 e. The van der Waals surface area contributed by atoms with Crippen molar-refractivity contribution in [1.82, 2.24) is 5.32 Å². The summed E-state index contributed by atoms with van der Waals surface area (Å²) < 4.78 is 5.50. The third-order valence-corrected chi connectivity index (χ3v) is 2.54. The van der Waals surface area contributed by atoms with Crippen LogP contribution in [-0.2, 0) is 4.74 Å². The van der Waals surface area contributed by atoms with Crippen molar-refractivity contribution in [3.05, 3.63) is 34.7 Å². The van der Waals surface area contributed by atoms with Gasteiger partial charge in [0, 0.05) is 12.8 Å². The summed E-state index contributed by atoms with van der Waals surface area (Å²) in [6.07, 6.45) is 5.71. The van der Waals surface area contributed by atoms with E-state index in [1.165, 1.54) is 0 Å². The molecule has 1 atom stereocenters. The Kier molecular flexibility index (Phi) is 4.23. The van der Waals surface area contributed by atoms with Crippen LogP contribution in [0.5, 0.6) is 0 Å². The molecule has 1 aliphatic heterocycles. The zero-order valence-corrected chi connectivity index (χ0v) is 9.56. The van der Waals surface area contributed by atoms with Crippen LogP contribution in [0.3, 0.4) is 0 Å². The Morgan fingerprint density at radius 2 is 2.36 bits per heavy atom. The van der Waals surface area contributed by atoms with Gasteiger partial charge in [0.25, 0.3) is 0 Å². The molecule has 14 heavy (non-hydrogen) atoms. The summed E-state index contributed by atoms with van der Waals surface area (Å²) in [5.41, 5.74) is 2.08. The SMILES string of the molecule is CCOC(C)/C(C)=C1\NC=CC=C1Cl. The maximum absolute atomic E-state index is 6.06. The number of hydrogen-bond acceptors (Lipinski definition) is 2. The molecule has 2 nitrogen and oxygen atoms in total. The summed E-state index contributed by atoms with van der Waals surface area (Å²) in [7, 11) is 0. The van der Waals surface area contributed by atoms with Gasteiger partial charge in [-0.2, -0.15) is 0 Å². The zero-order chi connectivity index (χ0) is 10.6. The van der Waals surface area contributed by atoms with Crippen LogP contribution in [0.4, 0.5) is 0 Å². The van der Waals surface area contributed by atoms with Crippen molar-refractivity contribution < 1.29 is 4.74 Å². The molecule has 3 heteroatoms. The van der Waals surface area contributed by atoms with E-state index in [0.29, 0.717) is 6.61 Å². The first-order chi connectivity index (χ1) is 6.66. The van der Waals surface area contributed by atoms with E-state index in [2.05, 4.69) is 5.32 Å². The van der Waals surface area contributed by atoms with Gasteiger partial charge in [0.2, 0.25) is 0 Å². The standard InChI is InChI=1S/C11H16ClNO/c1-4-14-9(3)8(2)11-10(12)6-5-7-13-11/h5-7,9,13H,4H2,1-3H3/b11-8-. The monoisotopic (exact) mass is 213 g/mol. The topological polar surface area (TPSA) is 21.3 Å². The minimum atomic E-state index is 0.0937. The number of rotatable bonds is 3. The molecule has 0 fully saturated rings. The van der Waals surface area contributed by atoms with Crippen LogP contribution in [0.2, 0.25) is 0 Å². The van der Waals surface area contributed by atoms with Gasteiger partial charge in [-0.3, -0.25) is 0 Å². The molecule has 0 saturated carbocycles. The fourth-order valence-electron chi connectivity index (χ4n) is 1.30. The Bertz CT molecular complexity index is 292. The van der Waals surface area contributed by atoms with Crippen molar-refractivity contribution in [1.29, 1.82) is 0 Å². The van der Waals surface area contributed by atoms with Gasteiger partial charge in [0.1, 0.15) is 0 Å². The van der Waals surface area contributed by atoms with E-state index >= 15 is 0 Å². The molecule has 0 saturated heterocycles. The predicted molar refractivity (Wildman–Crippen MR) is 60.0 cm³/mol. The molecule has 1 N–H and O–H groups in total. The first-order valence-electron chi connectivity index (χ1n) is 4.78. The molecule has 1 heterocycles. The van der Waals surface area contributed by atoms with Crippen molar-refractivity contribution in [2.24, 2.45) is 0 Å². The maximum atomic E-state index is 6.06. The van der Waals surface area contributed by atoms with Gasteiger partial charge in [-0.25, -0.2) is 0 Å². The molecule has 78 valence electrons. The van der Waals surface area contributed by atoms with Gasteiger partial charge < -0.3 is 10.1 Å². The fraction of sp³-hybridized carbons (Fsp3) is 0.455. The molecule has 0 spiro atoms. The summed E-state index contributed by atoms with van der Waals surface area (Å²) in [5, 5.41) is 3.86. The first kappa shape index (κ1) is 11.3. The quantitative estimate of drug-likeness (QED) is 0.779. The van der Waals surface area contributed by atoms with Gasteiger partial charge in [-0.15, -0.1) is 0 Å². The minimum absolute atomic E-state index is 0.0937. The second kappa shape index (κ2) is 5.23. The highest BCUT2D eigenvalue weighted by Crippen LogP contribution is 2.21. The lowest BCUT2D eigenvalue weighted by molar-refractivity contribution is 0.101. The summed E-state index contributed by atoms with van der Waals surface area (Å²) in [4.78, 5) is 0. The number of allylic oxidation sites excluding steroid dienone is 3. The Morgan fingerprint density at radius 1 is 1.64 bits per heavy atom. The molecule has 1 rings (SSSR count). The van der Waals surface area contributed by atoms with E-state index in [-0.39, 0.29) is 6.10 Å². The summed E-state index contributed by atoms with van der Waals surface area (Å²) in [6.45, 7) is 6.75. The first-order valence-corrected chi connectivity index (χ1v) is 5.16. The van der Waals surface area contributed by atoms with Crippen LogP contribution >= 0.6 is 11.6 Å². The lowest BCUT2D eigenvalue weighted by Gasteiger charge is -2.19. The van der Waals surface area contributed by atoms with Crippen molar-refractivity contribution in [3.63, 3.8) is 0 Å². The highest BCUT2D eigenvalue weighted by Gasteiger charge is 2.12. The number of dihydropyridines is 1. The van der Waals surface area contributed by atoms with E-state index in [1.54, 1.807) is 0 Å². The molecule has 0 radical (unpaired) electrons. The van der Waals surface area contributed by atoms with Crippen LogP contribution in [0, 0.1) is 0 Å². The average molecular weight is 214 g/mol. The molecule has 0 aliphatic carbocycles. The number of ether oxygens (including phenoxy) is 1. The number of hydrogen-bond donors (Lipinski definition) is 1. The normalized spacial score (nSPS) is 21.3. The molecular weight excluding hydrogens is 198 g/mol. The van der Waals surface area contributed by atoms with Crippen molar-refractivity contribution in [2.45, 2.75) is 26.9 Å². The fourth-order valence-corrected chi connectivity index (χ4v) is 1.57. The molecule has 0 bridgehead atoms. The van der Waals surface area contributed by atoms with Crippen molar-refractivity contribution >= 4 is 11.6 Å². The second-order valence-corrected chi connectivity index (χ2v) is 3.58. The van der Waals surface area contributed by atoms with E-state index in [4.69, 9.17) is 16.3 Å². The molecule has 0 aromatic carbocycles. The highest BCUT2D eigenvalue weighted by atomic mass is 35.5. The maximum Gasteiger partial charge on any atom is 0.0777 e. The smallest absolute Gasteiger partial charge is 0.0777 e. The zero-order valence-electron chi connectivity index (χ0n) is 8.80. The van der Waals surface area contributed by atoms with Crippen LogP contribution in [0.25, 0.3) is 0 Å². The highest BCUT2D eigenvalue weighted by molar-refractivity contribution is 6.32. The van der Waals surface area contributed by atoms with Gasteiger partial charge in [-0.1, -0.05) is 11.6 Å². The molecule has 1 aliphatic rings. The molecule has 0 aromatic heterocycles. The summed E-state index contributed by atoms with van der Waals surface area (Å²) >= 11 is 6.06. The largest absolute Gasteiger partial charge is 0.374 e. The van der Waals surface area contributed by atoms with Gasteiger partial charge in [0.05, 0.1) is 16.8 Å². The summed E-state index contributed by atoms with van der Waals surface area (Å²) in [5.74, 6) is 0. The Hall–Kier alpha value is -0.730. The van der Waals surface area contributed by atoms with Crippen LogP contribution in [-0.4, -0.2) is 12.7 Å². The summed E-state index contributed by atoms with van der Waals surface area (Å²) in [6, 6.07) is 0. The lowest BCUT2D eigenvalue weighted by atomic mass is 10.1. The van der Waals surface area contributed by atoms with Crippen LogP contribution in [0.1, 0.15) is 20.8 Å². The molecule has 0 amide bonds. The third kappa shape index (κ3) is 2.63. The van der Waals surface area contributed by atoms with Gasteiger partial charge in [0.15, 0.2) is 0 Å². The van der Waals surface area contributed by atoms with Crippen LogP contribution < -0.4 is 5.32 Å². The molecule has 0 aromatic rings. The third-order valence-electron chi connectivity index (χ3n) is 2.23. The number of halogens is 1.